The highest BCUT2D eigenvalue weighted by atomic mass is 16.3. The van der Waals surface area contributed by atoms with Gasteiger partial charge in [0.1, 0.15) is 0 Å². The van der Waals surface area contributed by atoms with Gasteiger partial charge < -0.3 is 5.11 Å². The van der Waals surface area contributed by atoms with Gasteiger partial charge in [-0.3, -0.25) is 0 Å². The van der Waals surface area contributed by atoms with E-state index in [4.69, 9.17) is 0 Å². The zero-order valence-corrected chi connectivity index (χ0v) is 9.16. The Morgan fingerprint density at radius 3 is 2.71 bits per heavy atom. The average Bonchev–Trinajstić information content (AvgIpc) is 2.15. The van der Waals surface area contributed by atoms with Crippen LogP contribution in [0, 0.1) is 6.92 Å². The summed E-state index contributed by atoms with van der Waals surface area (Å²) < 4.78 is 0. The van der Waals surface area contributed by atoms with E-state index >= 15 is 0 Å². The molecule has 1 unspecified atom stereocenters. The van der Waals surface area contributed by atoms with Crippen molar-refractivity contribution in [2.24, 2.45) is 0 Å². The van der Waals surface area contributed by atoms with Gasteiger partial charge in [-0.15, -0.1) is 0 Å². The second kappa shape index (κ2) is 5.82. The number of aliphatic hydroxyl groups excluding tert-OH is 1. The molecule has 0 aliphatic carbocycles. The Bertz CT molecular complexity index is 268. The van der Waals surface area contributed by atoms with Gasteiger partial charge in [-0.2, -0.15) is 0 Å². The largest absolute Gasteiger partial charge is 0.393 e. The normalized spacial score (nSPS) is 12.8. The number of aryl methyl sites for hydroxylation is 2. The lowest BCUT2D eigenvalue weighted by Crippen LogP contribution is -2.07. The van der Waals surface area contributed by atoms with Crippen molar-refractivity contribution in [1.82, 2.24) is 0 Å². The fourth-order valence-corrected chi connectivity index (χ4v) is 1.68. The topological polar surface area (TPSA) is 20.2 Å². The molecule has 14 heavy (non-hydrogen) atoms. The van der Waals surface area contributed by atoms with E-state index in [1.165, 1.54) is 11.1 Å². The molecule has 78 valence electrons. The van der Waals surface area contributed by atoms with E-state index in [-0.39, 0.29) is 6.10 Å². The van der Waals surface area contributed by atoms with E-state index in [9.17, 15) is 5.11 Å². The standard InChI is InChI=1S/C13H20O/c1-3-5-13(14)9-8-12-7-4-6-11(2)10-12/h4,6-7,10,13-14H,3,5,8-9H2,1-2H3. The highest BCUT2D eigenvalue weighted by molar-refractivity contribution is 5.22. The smallest absolute Gasteiger partial charge is 0.0543 e. The summed E-state index contributed by atoms with van der Waals surface area (Å²) in [6.07, 6.45) is 3.74. The van der Waals surface area contributed by atoms with Crippen LogP contribution in [0.1, 0.15) is 37.3 Å². The van der Waals surface area contributed by atoms with Crippen LogP contribution in [-0.4, -0.2) is 11.2 Å². The Morgan fingerprint density at radius 1 is 1.29 bits per heavy atom. The summed E-state index contributed by atoms with van der Waals surface area (Å²) in [5.74, 6) is 0. The molecule has 0 aliphatic heterocycles. The fourth-order valence-electron chi connectivity index (χ4n) is 1.68. The second-order valence-electron chi connectivity index (χ2n) is 3.97. The molecule has 0 saturated heterocycles. The van der Waals surface area contributed by atoms with E-state index in [0.717, 1.165) is 25.7 Å². The van der Waals surface area contributed by atoms with Crippen molar-refractivity contribution in [3.63, 3.8) is 0 Å². The van der Waals surface area contributed by atoms with E-state index in [0.29, 0.717) is 0 Å². The Morgan fingerprint density at radius 2 is 2.07 bits per heavy atom. The van der Waals surface area contributed by atoms with Crippen LogP contribution in [0.4, 0.5) is 0 Å². The SMILES string of the molecule is CCCC(O)CCc1cccc(C)c1. The number of hydrogen-bond donors (Lipinski definition) is 1. The molecule has 1 aromatic rings. The minimum absolute atomic E-state index is 0.125. The van der Waals surface area contributed by atoms with Gasteiger partial charge in [0.2, 0.25) is 0 Å². The lowest BCUT2D eigenvalue weighted by molar-refractivity contribution is 0.154. The molecule has 0 amide bonds. The molecular weight excluding hydrogens is 172 g/mol. The average molecular weight is 192 g/mol. The second-order valence-corrected chi connectivity index (χ2v) is 3.97. The third-order valence-corrected chi connectivity index (χ3v) is 2.47. The Balaban J connectivity index is 2.37. The minimum Gasteiger partial charge on any atom is -0.393 e. The van der Waals surface area contributed by atoms with Crippen LogP contribution >= 0.6 is 0 Å². The zero-order valence-electron chi connectivity index (χ0n) is 9.16. The third-order valence-electron chi connectivity index (χ3n) is 2.47. The molecule has 0 spiro atoms. The highest BCUT2D eigenvalue weighted by Gasteiger charge is 2.02. The Labute approximate surface area is 86.8 Å². The monoisotopic (exact) mass is 192 g/mol. The first-order valence-corrected chi connectivity index (χ1v) is 5.46. The van der Waals surface area contributed by atoms with E-state index in [1.807, 2.05) is 0 Å². The minimum atomic E-state index is -0.125. The molecule has 1 nitrogen and oxygen atoms in total. The summed E-state index contributed by atoms with van der Waals surface area (Å²) in [6.45, 7) is 4.21. The van der Waals surface area contributed by atoms with Gasteiger partial charge in [0.05, 0.1) is 6.10 Å². The van der Waals surface area contributed by atoms with Crippen molar-refractivity contribution >= 4 is 0 Å². The van der Waals surface area contributed by atoms with Crippen molar-refractivity contribution in [1.29, 1.82) is 0 Å². The van der Waals surface area contributed by atoms with E-state index in [1.54, 1.807) is 0 Å². The van der Waals surface area contributed by atoms with E-state index < -0.39 is 0 Å². The van der Waals surface area contributed by atoms with Crippen molar-refractivity contribution < 1.29 is 5.11 Å². The number of aliphatic hydroxyl groups is 1. The molecule has 0 saturated carbocycles. The molecule has 1 N–H and O–H groups in total. The van der Waals surface area contributed by atoms with Crippen LogP contribution in [-0.2, 0) is 6.42 Å². The van der Waals surface area contributed by atoms with Gasteiger partial charge in [0.15, 0.2) is 0 Å². The summed E-state index contributed by atoms with van der Waals surface area (Å²) in [4.78, 5) is 0. The lowest BCUT2D eigenvalue weighted by Gasteiger charge is -2.08. The van der Waals surface area contributed by atoms with E-state index in [2.05, 4.69) is 38.1 Å². The van der Waals surface area contributed by atoms with Gasteiger partial charge in [0, 0.05) is 0 Å². The fraction of sp³-hybridized carbons (Fsp3) is 0.538. The summed E-state index contributed by atoms with van der Waals surface area (Å²) in [5.41, 5.74) is 2.63. The molecule has 0 heterocycles. The lowest BCUT2D eigenvalue weighted by atomic mass is 10.0. The molecular formula is C13H20O. The van der Waals surface area contributed by atoms with Gasteiger partial charge in [0.25, 0.3) is 0 Å². The molecule has 1 heteroatoms. The Hall–Kier alpha value is -0.820. The van der Waals surface area contributed by atoms with Crippen molar-refractivity contribution in [2.45, 2.75) is 45.6 Å². The predicted octanol–water partition coefficient (Wildman–Crippen LogP) is 3.09. The molecule has 1 rings (SSSR count). The molecule has 0 radical (unpaired) electrons. The predicted molar refractivity (Wildman–Crippen MR) is 60.4 cm³/mol. The molecule has 0 aliphatic rings. The first-order chi connectivity index (χ1) is 6.72. The number of rotatable bonds is 5. The summed E-state index contributed by atoms with van der Waals surface area (Å²) >= 11 is 0. The maximum Gasteiger partial charge on any atom is 0.0543 e. The third kappa shape index (κ3) is 3.93. The van der Waals surface area contributed by atoms with Gasteiger partial charge in [-0.25, -0.2) is 0 Å². The first-order valence-electron chi connectivity index (χ1n) is 5.46. The molecule has 1 aromatic carbocycles. The number of benzene rings is 1. The first kappa shape index (κ1) is 11.3. The van der Waals surface area contributed by atoms with Crippen molar-refractivity contribution in [3.05, 3.63) is 35.4 Å². The zero-order chi connectivity index (χ0) is 10.4. The van der Waals surface area contributed by atoms with Crippen LogP contribution in [0.15, 0.2) is 24.3 Å². The maximum atomic E-state index is 9.58. The molecule has 0 fully saturated rings. The number of hydrogen-bond acceptors (Lipinski definition) is 1. The van der Waals surface area contributed by atoms with Crippen LogP contribution < -0.4 is 0 Å². The highest BCUT2D eigenvalue weighted by Crippen LogP contribution is 2.10. The summed E-state index contributed by atoms with van der Waals surface area (Å²) in [5, 5.41) is 9.58. The van der Waals surface area contributed by atoms with Crippen LogP contribution in [0.25, 0.3) is 0 Å². The van der Waals surface area contributed by atoms with Crippen LogP contribution in [0.3, 0.4) is 0 Å². The van der Waals surface area contributed by atoms with Gasteiger partial charge in [-0.05, 0) is 31.7 Å². The van der Waals surface area contributed by atoms with Crippen molar-refractivity contribution in [3.8, 4) is 0 Å². The van der Waals surface area contributed by atoms with Crippen molar-refractivity contribution in [2.75, 3.05) is 0 Å². The summed E-state index contributed by atoms with van der Waals surface area (Å²) in [6, 6.07) is 8.51. The quantitative estimate of drug-likeness (QED) is 0.760. The molecule has 0 aromatic heterocycles. The maximum absolute atomic E-state index is 9.58. The van der Waals surface area contributed by atoms with Gasteiger partial charge >= 0.3 is 0 Å². The molecule has 0 bridgehead atoms. The Kier molecular flexibility index (Phi) is 4.68. The van der Waals surface area contributed by atoms with Gasteiger partial charge in [-0.1, -0.05) is 43.2 Å². The van der Waals surface area contributed by atoms with Crippen LogP contribution in [0.5, 0.6) is 0 Å². The van der Waals surface area contributed by atoms with Crippen LogP contribution in [0.2, 0.25) is 0 Å². The summed E-state index contributed by atoms with van der Waals surface area (Å²) in [7, 11) is 0. The molecule has 1 atom stereocenters.